The lowest BCUT2D eigenvalue weighted by Crippen LogP contribution is -2.03. The van der Waals surface area contributed by atoms with Gasteiger partial charge in [-0.3, -0.25) is 4.79 Å². The molecule has 0 saturated heterocycles. The summed E-state index contributed by atoms with van der Waals surface area (Å²) in [5.41, 5.74) is 1.11. The first-order chi connectivity index (χ1) is 10.00. The number of hydrogen-bond acceptors (Lipinski definition) is 4. The lowest BCUT2D eigenvalue weighted by atomic mass is 10.1. The summed E-state index contributed by atoms with van der Waals surface area (Å²) in [5, 5.41) is 10.2. The molecule has 1 aliphatic rings. The van der Waals surface area contributed by atoms with Crippen molar-refractivity contribution in [2.45, 2.75) is 29.7 Å². The van der Waals surface area contributed by atoms with E-state index in [1.54, 1.807) is 23.1 Å². The van der Waals surface area contributed by atoms with Crippen molar-refractivity contribution in [3.63, 3.8) is 0 Å². The van der Waals surface area contributed by atoms with Crippen molar-refractivity contribution >= 4 is 29.1 Å². The molecule has 0 unspecified atom stereocenters. The molecule has 0 aliphatic heterocycles. The van der Waals surface area contributed by atoms with Crippen LogP contribution in [0.25, 0.3) is 0 Å². The quantitative estimate of drug-likeness (QED) is 0.837. The van der Waals surface area contributed by atoms with Gasteiger partial charge < -0.3 is 5.11 Å². The fourth-order valence-corrected chi connectivity index (χ4v) is 5.05. The number of rotatable bonds is 5. The number of benzene rings is 1. The van der Waals surface area contributed by atoms with Crippen LogP contribution < -0.4 is 0 Å². The minimum Gasteiger partial charge on any atom is -0.481 e. The average molecular weight is 319 g/mol. The lowest BCUT2D eigenvalue weighted by molar-refractivity contribution is -0.139. The number of carboxylic acid groups (broad SMARTS) is 1. The van der Waals surface area contributed by atoms with Gasteiger partial charge in [0.25, 0.3) is 0 Å². The van der Waals surface area contributed by atoms with Crippen LogP contribution in [0.2, 0.25) is 0 Å². The molecule has 5 heteroatoms. The lowest BCUT2D eigenvalue weighted by Gasteiger charge is -1.98. The van der Waals surface area contributed by atoms with Crippen molar-refractivity contribution in [1.29, 1.82) is 0 Å². The summed E-state index contributed by atoms with van der Waals surface area (Å²) in [7, 11) is 0. The fraction of sp³-hybridized carbons (Fsp3) is 0.375. The first kappa shape index (κ1) is 14.6. The van der Waals surface area contributed by atoms with E-state index in [4.69, 9.17) is 0 Å². The van der Waals surface area contributed by atoms with E-state index in [0.29, 0.717) is 0 Å². The highest BCUT2D eigenvalue weighted by Gasteiger charge is 2.64. The fourth-order valence-electron chi connectivity index (χ4n) is 2.77. The first-order valence-electron chi connectivity index (χ1n) is 6.85. The summed E-state index contributed by atoms with van der Waals surface area (Å²) in [6, 6.07) is 10.3. The molecule has 1 aliphatic carbocycles. The molecule has 2 atom stereocenters. The van der Waals surface area contributed by atoms with Crippen LogP contribution in [0.5, 0.6) is 0 Å². The second-order valence-electron chi connectivity index (χ2n) is 5.91. The van der Waals surface area contributed by atoms with Crippen LogP contribution in [0.4, 0.5) is 0 Å². The summed E-state index contributed by atoms with van der Waals surface area (Å²) in [6.45, 7) is 4.02. The van der Waals surface area contributed by atoms with Crippen molar-refractivity contribution in [3.05, 3.63) is 47.1 Å². The van der Waals surface area contributed by atoms with Crippen molar-refractivity contribution < 1.29 is 9.90 Å². The predicted molar refractivity (Wildman–Crippen MR) is 85.8 cm³/mol. The molecule has 1 aromatic carbocycles. The van der Waals surface area contributed by atoms with Crippen LogP contribution in [0.1, 0.15) is 30.3 Å². The third-order valence-corrected chi connectivity index (χ3v) is 6.43. The Morgan fingerprint density at radius 2 is 2.10 bits per heavy atom. The Bertz CT molecular complexity index is 651. The molecule has 1 N–H and O–H groups in total. The highest BCUT2D eigenvalue weighted by Crippen LogP contribution is 2.65. The van der Waals surface area contributed by atoms with E-state index < -0.39 is 5.97 Å². The predicted octanol–water partition coefficient (Wildman–Crippen LogP) is 4.26. The number of aliphatic carboxylic acids is 1. The van der Waals surface area contributed by atoms with Crippen LogP contribution in [-0.2, 0) is 10.5 Å². The van der Waals surface area contributed by atoms with E-state index in [-0.39, 0.29) is 17.3 Å². The standard InChI is InChI=1S/C16H17NO2S2/c1-16(2)12(13(16)15(18)19)14-17-8-11(21-14)20-9-10-6-4-3-5-7-10/h3-8,12-13H,9H2,1-2H3,(H,18,19)/t12-,13-/m1/s1. The maximum Gasteiger partial charge on any atom is 0.307 e. The van der Waals surface area contributed by atoms with Crippen LogP contribution in [0.3, 0.4) is 0 Å². The Kier molecular flexibility index (Phi) is 3.80. The largest absolute Gasteiger partial charge is 0.481 e. The highest BCUT2D eigenvalue weighted by atomic mass is 32.2. The zero-order chi connectivity index (χ0) is 15.0. The Morgan fingerprint density at radius 3 is 2.71 bits per heavy atom. The Hall–Kier alpha value is -1.33. The van der Waals surface area contributed by atoms with Crippen molar-refractivity contribution in [2.75, 3.05) is 0 Å². The molecule has 0 amide bonds. The van der Waals surface area contributed by atoms with Gasteiger partial charge >= 0.3 is 5.97 Å². The van der Waals surface area contributed by atoms with E-state index in [9.17, 15) is 9.90 Å². The van der Waals surface area contributed by atoms with Gasteiger partial charge in [0.2, 0.25) is 0 Å². The third kappa shape index (κ3) is 2.85. The van der Waals surface area contributed by atoms with Gasteiger partial charge in [-0.25, -0.2) is 4.98 Å². The van der Waals surface area contributed by atoms with Crippen LogP contribution >= 0.6 is 23.1 Å². The monoisotopic (exact) mass is 319 g/mol. The molecule has 1 aromatic heterocycles. The Balaban J connectivity index is 1.66. The zero-order valence-corrected chi connectivity index (χ0v) is 13.6. The summed E-state index contributed by atoms with van der Waals surface area (Å²) >= 11 is 3.39. The number of thioether (sulfide) groups is 1. The Labute approximate surface area is 132 Å². The number of carboxylic acids is 1. The molecular weight excluding hydrogens is 302 g/mol. The van der Waals surface area contributed by atoms with Gasteiger partial charge in [0.1, 0.15) is 0 Å². The number of nitrogens with zero attached hydrogens (tertiary/aromatic N) is 1. The van der Waals surface area contributed by atoms with Crippen LogP contribution in [0, 0.1) is 11.3 Å². The van der Waals surface area contributed by atoms with E-state index in [1.807, 2.05) is 38.2 Å². The minimum atomic E-state index is -0.710. The van der Waals surface area contributed by atoms with Crippen molar-refractivity contribution in [3.8, 4) is 0 Å². The van der Waals surface area contributed by atoms with Gasteiger partial charge in [0, 0.05) is 11.7 Å². The molecule has 21 heavy (non-hydrogen) atoms. The van der Waals surface area contributed by atoms with Crippen molar-refractivity contribution in [1.82, 2.24) is 4.98 Å². The van der Waals surface area contributed by atoms with Gasteiger partial charge in [-0.2, -0.15) is 0 Å². The van der Waals surface area contributed by atoms with Crippen molar-refractivity contribution in [2.24, 2.45) is 11.3 Å². The Morgan fingerprint density at radius 1 is 1.38 bits per heavy atom. The molecule has 0 radical (unpaired) electrons. The summed E-state index contributed by atoms with van der Waals surface area (Å²) < 4.78 is 1.15. The van der Waals surface area contributed by atoms with Gasteiger partial charge in [-0.05, 0) is 11.0 Å². The molecular formula is C16H17NO2S2. The van der Waals surface area contributed by atoms with Gasteiger partial charge in [0.15, 0.2) is 0 Å². The van der Waals surface area contributed by atoms with E-state index >= 15 is 0 Å². The second kappa shape index (κ2) is 5.46. The highest BCUT2D eigenvalue weighted by molar-refractivity contribution is 8.00. The molecule has 3 rings (SSSR count). The number of carbonyl (C=O) groups is 1. The molecule has 110 valence electrons. The zero-order valence-electron chi connectivity index (χ0n) is 11.9. The summed E-state index contributed by atoms with van der Waals surface area (Å²) in [6.07, 6.45) is 1.88. The average Bonchev–Trinajstić information content (AvgIpc) is 2.83. The van der Waals surface area contributed by atoms with E-state index in [2.05, 4.69) is 17.1 Å². The van der Waals surface area contributed by atoms with Gasteiger partial charge in [-0.1, -0.05) is 44.2 Å². The maximum absolute atomic E-state index is 11.3. The number of hydrogen-bond donors (Lipinski definition) is 1. The normalized spacial score (nSPS) is 23.0. The van der Waals surface area contributed by atoms with Gasteiger partial charge in [-0.15, -0.1) is 23.1 Å². The topological polar surface area (TPSA) is 50.2 Å². The molecule has 3 nitrogen and oxygen atoms in total. The van der Waals surface area contributed by atoms with E-state index in [0.717, 1.165) is 15.0 Å². The summed E-state index contributed by atoms with van der Waals surface area (Å²) in [5.74, 6) is -0.0285. The smallest absolute Gasteiger partial charge is 0.307 e. The molecule has 1 fully saturated rings. The van der Waals surface area contributed by atoms with Crippen LogP contribution in [-0.4, -0.2) is 16.1 Å². The third-order valence-electron chi connectivity index (χ3n) is 4.09. The van der Waals surface area contributed by atoms with E-state index in [1.165, 1.54) is 5.56 Å². The molecule has 0 spiro atoms. The summed E-state index contributed by atoms with van der Waals surface area (Å²) in [4.78, 5) is 15.7. The molecule has 1 saturated carbocycles. The SMILES string of the molecule is CC1(C)[C@@H](C(=O)O)[C@@H]1c1ncc(SCc2ccccc2)s1. The minimum absolute atomic E-state index is 0.0612. The molecule has 1 heterocycles. The van der Waals surface area contributed by atoms with Gasteiger partial charge in [0.05, 0.1) is 21.3 Å². The molecule has 0 bridgehead atoms. The first-order valence-corrected chi connectivity index (χ1v) is 8.65. The molecule has 2 aromatic rings. The number of aromatic nitrogens is 1. The number of thiazole rings is 1. The van der Waals surface area contributed by atoms with Crippen LogP contribution in [0.15, 0.2) is 40.7 Å². The maximum atomic E-state index is 11.3. The second-order valence-corrected chi connectivity index (χ2v) is 8.24.